The zero-order valence-electron chi connectivity index (χ0n) is 10.8. The molecule has 1 aromatic heterocycles. The Morgan fingerprint density at radius 1 is 1.58 bits per heavy atom. The van der Waals surface area contributed by atoms with Crippen LogP contribution in [0.2, 0.25) is 0 Å². The van der Waals surface area contributed by atoms with Gasteiger partial charge in [0.25, 0.3) is 5.91 Å². The summed E-state index contributed by atoms with van der Waals surface area (Å²) in [5, 5.41) is 14.3. The number of nitrogens with two attached hydrogens (primary N) is 1. The highest BCUT2D eigenvalue weighted by Crippen LogP contribution is 2.11. The standard InChI is InChI=1S/C12H20N4O2S/c13-12-15-10(8-19-12)11(18)14-4-1-5-16-6-2-9(17)3-7-16/h8-9,17H,1-7H2,(H2,13,15)(H,14,18). The Hall–Kier alpha value is -1.18. The molecule has 4 N–H and O–H groups in total. The van der Waals surface area contributed by atoms with Gasteiger partial charge in [0.1, 0.15) is 5.69 Å². The molecule has 1 aliphatic rings. The number of nitrogen functional groups attached to an aromatic ring is 1. The van der Waals surface area contributed by atoms with Gasteiger partial charge in [0, 0.05) is 25.0 Å². The van der Waals surface area contributed by atoms with E-state index < -0.39 is 0 Å². The molecule has 0 spiro atoms. The van der Waals surface area contributed by atoms with Gasteiger partial charge < -0.3 is 21.1 Å². The van der Waals surface area contributed by atoms with Gasteiger partial charge in [0.05, 0.1) is 6.10 Å². The van der Waals surface area contributed by atoms with Crippen molar-refractivity contribution in [2.45, 2.75) is 25.4 Å². The molecule has 0 radical (unpaired) electrons. The summed E-state index contributed by atoms with van der Waals surface area (Å²) in [5.74, 6) is -0.165. The second-order valence-electron chi connectivity index (χ2n) is 4.75. The Morgan fingerprint density at radius 3 is 2.95 bits per heavy atom. The van der Waals surface area contributed by atoms with Gasteiger partial charge in [-0.25, -0.2) is 4.98 Å². The van der Waals surface area contributed by atoms with Gasteiger partial charge in [-0.2, -0.15) is 0 Å². The van der Waals surface area contributed by atoms with Crippen LogP contribution in [0.15, 0.2) is 5.38 Å². The minimum absolute atomic E-state index is 0.133. The van der Waals surface area contributed by atoms with Crippen molar-refractivity contribution in [2.75, 3.05) is 31.9 Å². The van der Waals surface area contributed by atoms with Gasteiger partial charge in [-0.15, -0.1) is 11.3 Å². The van der Waals surface area contributed by atoms with Crippen LogP contribution in [0.5, 0.6) is 0 Å². The molecule has 2 heterocycles. The van der Waals surface area contributed by atoms with E-state index in [1.54, 1.807) is 5.38 Å². The first-order chi connectivity index (χ1) is 9.15. The van der Waals surface area contributed by atoms with Crippen LogP contribution in [0, 0.1) is 0 Å². The van der Waals surface area contributed by atoms with Crippen LogP contribution < -0.4 is 11.1 Å². The van der Waals surface area contributed by atoms with Crippen LogP contribution in [-0.2, 0) is 0 Å². The smallest absolute Gasteiger partial charge is 0.270 e. The number of piperidine rings is 1. The lowest BCUT2D eigenvalue weighted by molar-refractivity contribution is 0.0816. The highest BCUT2D eigenvalue weighted by Gasteiger charge is 2.16. The van der Waals surface area contributed by atoms with Crippen LogP contribution in [0.1, 0.15) is 29.8 Å². The number of carbonyl (C=O) groups is 1. The Bertz CT molecular complexity index is 416. The van der Waals surface area contributed by atoms with Gasteiger partial charge >= 0.3 is 0 Å². The largest absolute Gasteiger partial charge is 0.393 e. The first-order valence-electron chi connectivity index (χ1n) is 6.55. The summed E-state index contributed by atoms with van der Waals surface area (Å²) in [7, 11) is 0. The average Bonchev–Trinajstić information content (AvgIpc) is 2.83. The van der Waals surface area contributed by atoms with Gasteiger partial charge in [0.2, 0.25) is 0 Å². The number of aliphatic hydroxyl groups excluding tert-OH is 1. The molecule has 1 fully saturated rings. The summed E-state index contributed by atoms with van der Waals surface area (Å²) >= 11 is 1.27. The molecule has 1 aromatic rings. The molecule has 1 saturated heterocycles. The summed E-state index contributed by atoms with van der Waals surface area (Å²) < 4.78 is 0. The monoisotopic (exact) mass is 284 g/mol. The molecule has 0 unspecified atom stereocenters. The van der Waals surface area contributed by atoms with Gasteiger partial charge in [-0.1, -0.05) is 0 Å². The molecule has 0 saturated carbocycles. The van der Waals surface area contributed by atoms with Gasteiger partial charge in [0.15, 0.2) is 5.13 Å². The highest BCUT2D eigenvalue weighted by molar-refractivity contribution is 7.13. The summed E-state index contributed by atoms with van der Waals surface area (Å²) in [5.41, 5.74) is 5.87. The number of anilines is 1. The van der Waals surface area contributed by atoms with Crippen LogP contribution in [0.3, 0.4) is 0 Å². The Balaban J connectivity index is 1.60. The molecular weight excluding hydrogens is 264 g/mol. The van der Waals surface area contributed by atoms with Crippen molar-refractivity contribution in [3.63, 3.8) is 0 Å². The molecule has 0 bridgehead atoms. The lowest BCUT2D eigenvalue weighted by atomic mass is 10.1. The number of aromatic nitrogens is 1. The van der Waals surface area contributed by atoms with Crippen molar-refractivity contribution in [3.8, 4) is 0 Å². The number of likely N-dealkylation sites (tertiary alicyclic amines) is 1. The van der Waals surface area contributed by atoms with E-state index in [4.69, 9.17) is 5.73 Å². The lowest BCUT2D eigenvalue weighted by Crippen LogP contribution is -2.37. The van der Waals surface area contributed by atoms with Gasteiger partial charge in [-0.3, -0.25) is 4.79 Å². The average molecular weight is 284 g/mol. The second kappa shape index (κ2) is 6.83. The Morgan fingerprint density at radius 2 is 2.32 bits per heavy atom. The number of hydrogen-bond acceptors (Lipinski definition) is 6. The van der Waals surface area contributed by atoms with Crippen molar-refractivity contribution in [1.29, 1.82) is 0 Å². The van der Waals surface area contributed by atoms with E-state index in [0.717, 1.165) is 38.9 Å². The van der Waals surface area contributed by atoms with E-state index >= 15 is 0 Å². The Kier molecular flexibility index (Phi) is 5.12. The predicted molar refractivity (Wildman–Crippen MR) is 75.2 cm³/mol. The third kappa shape index (κ3) is 4.45. The van der Waals surface area contributed by atoms with E-state index in [-0.39, 0.29) is 12.0 Å². The van der Waals surface area contributed by atoms with E-state index in [0.29, 0.717) is 17.4 Å². The second-order valence-corrected chi connectivity index (χ2v) is 5.64. The lowest BCUT2D eigenvalue weighted by Gasteiger charge is -2.29. The summed E-state index contributed by atoms with van der Waals surface area (Å²) in [6.45, 7) is 3.47. The molecule has 0 atom stereocenters. The molecular formula is C12H20N4O2S. The quantitative estimate of drug-likeness (QED) is 0.677. The van der Waals surface area contributed by atoms with Crippen molar-refractivity contribution in [3.05, 3.63) is 11.1 Å². The number of rotatable bonds is 5. The zero-order valence-corrected chi connectivity index (χ0v) is 11.7. The number of amides is 1. The number of nitrogens with zero attached hydrogens (tertiary/aromatic N) is 2. The minimum atomic E-state index is -0.165. The van der Waals surface area contributed by atoms with Crippen LogP contribution in [0.25, 0.3) is 0 Å². The minimum Gasteiger partial charge on any atom is -0.393 e. The number of hydrogen-bond donors (Lipinski definition) is 3. The number of aliphatic hydroxyl groups is 1. The van der Waals surface area contributed by atoms with Crippen LogP contribution in [0.4, 0.5) is 5.13 Å². The molecule has 0 aromatic carbocycles. The summed E-state index contributed by atoms with van der Waals surface area (Å²) in [6, 6.07) is 0. The molecule has 1 amide bonds. The maximum absolute atomic E-state index is 11.7. The van der Waals surface area contributed by atoms with E-state index in [1.165, 1.54) is 11.3 Å². The molecule has 6 nitrogen and oxygen atoms in total. The summed E-state index contributed by atoms with van der Waals surface area (Å²) in [4.78, 5) is 17.9. The zero-order chi connectivity index (χ0) is 13.7. The number of carbonyl (C=O) groups excluding carboxylic acids is 1. The Labute approximate surface area is 116 Å². The molecule has 19 heavy (non-hydrogen) atoms. The fourth-order valence-corrected chi connectivity index (χ4v) is 2.67. The van der Waals surface area contributed by atoms with Crippen molar-refractivity contribution < 1.29 is 9.90 Å². The fraction of sp³-hybridized carbons (Fsp3) is 0.667. The van der Waals surface area contributed by atoms with Crippen LogP contribution >= 0.6 is 11.3 Å². The van der Waals surface area contributed by atoms with E-state index in [2.05, 4.69) is 15.2 Å². The third-order valence-corrected chi connectivity index (χ3v) is 3.92. The predicted octanol–water partition coefficient (Wildman–Crippen LogP) is 0.302. The van der Waals surface area contributed by atoms with E-state index in [9.17, 15) is 9.90 Å². The van der Waals surface area contributed by atoms with Gasteiger partial charge in [-0.05, 0) is 25.8 Å². The van der Waals surface area contributed by atoms with Crippen molar-refractivity contribution in [2.24, 2.45) is 0 Å². The van der Waals surface area contributed by atoms with Crippen molar-refractivity contribution in [1.82, 2.24) is 15.2 Å². The molecule has 2 rings (SSSR count). The highest BCUT2D eigenvalue weighted by atomic mass is 32.1. The maximum atomic E-state index is 11.7. The molecule has 7 heteroatoms. The van der Waals surface area contributed by atoms with Crippen molar-refractivity contribution >= 4 is 22.4 Å². The SMILES string of the molecule is Nc1nc(C(=O)NCCCN2CCC(O)CC2)cs1. The number of thiazole rings is 1. The van der Waals surface area contributed by atoms with Crippen LogP contribution in [-0.4, -0.2) is 53.2 Å². The maximum Gasteiger partial charge on any atom is 0.270 e. The normalized spacial score (nSPS) is 17.5. The first-order valence-corrected chi connectivity index (χ1v) is 7.43. The fourth-order valence-electron chi connectivity index (χ4n) is 2.13. The first kappa shape index (κ1) is 14.2. The van der Waals surface area contributed by atoms with E-state index in [1.807, 2.05) is 0 Å². The topological polar surface area (TPSA) is 91.5 Å². The summed E-state index contributed by atoms with van der Waals surface area (Å²) in [6.07, 6.45) is 2.47. The molecule has 106 valence electrons. The molecule has 1 aliphatic heterocycles. The molecule has 0 aliphatic carbocycles. The number of nitrogens with one attached hydrogen (secondary N) is 1. The third-order valence-electron chi connectivity index (χ3n) is 3.25.